The van der Waals surface area contributed by atoms with Crippen molar-refractivity contribution < 1.29 is 14.6 Å². The average Bonchev–Trinajstić information content (AvgIpc) is 3.00. The minimum atomic E-state index is -0.689. The summed E-state index contributed by atoms with van der Waals surface area (Å²) in [5, 5.41) is 18.1. The lowest BCUT2D eigenvalue weighted by Gasteiger charge is -2.20. The summed E-state index contributed by atoms with van der Waals surface area (Å²) in [7, 11) is 5.09. The number of hydrogen-bond acceptors (Lipinski definition) is 5. The number of ether oxygens (including phenoxy) is 2. The maximum Gasteiger partial charge on any atom is 0.124 e. The van der Waals surface area contributed by atoms with Crippen molar-refractivity contribution in [1.82, 2.24) is 15.1 Å². The van der Waals surface area contributed by atoms with Gasteiger partial charge in [-0.15, -0.1) is 0 Å². The van der Waals surface area contributed by atoms with E-state index in [1.807, 2.05) is 25.5 Å². The predicted octanol–water partition coefficient (Wildman–Crippen LogP) is 2.21. The van der Waals surface area contributed by atoms with Crippen molar-refractivity contribution in [3.63, 3.8) is 0 Å². The van der Waals surface area contributed by atoms with Crippen LogP contribution in [-0.4, -0.2) is 35.7 Å². The van der Waals surface area contributed by atoms with Crippen LogP contribution >= 0.6 is 0 Å². The second-order valence-electron chi connectivity index (χ2n) is 5.44. The molecule has 2 atom stereocenters. The highest BCUT2D eigenvalue weighted by molar-refractivity contribution is 5.41. The van der Waals surface area contributed by atoms with E-state index < -0.39 is 6.10 Å². The molecule has 0 aliphatic heterocycles. The van der Waals surface area contributed by atoms with Gasteiger partial charge in [-0.25, -0.2) is 0 Å². The lowest BCUT2D eigenvalue weighted by atomic mass is 10.1. The van der Waals surface area contributed by atoms with Crippen LogP contribution in [0.25, 0.3) is 0 Å². The van der Waals surface area contributed by atoms with E-state index in [-0.39, 0.29) is 6.04 Å². The van der Waals surface area contributed by atoms with Crippen LogP contribution in [0.3, 0.4) is 0 Å². The molecule has 0 bridgehead atoms. The molecule has 2 aromatic rings. The number of aliphatic hydroxyl groups excluding tert-OH is 1. The number of benzene rings is 1. The van der Waals surface area contributed by atoms with Crippen LogP contribution < -0.4 is 14.8 Å². The molecule has 0 amide bonds. The molecule has 0 aliphatic rings. The molecule has 2 N–H and O–H groups in total. The molecule has 23 heavy (non-hydrogen) atoms. The second kappa shape index (κ2) is 7.99. The molecule has 0 saturated heterocycles. The van der Waals surface area contributed by atoms with E-state index in [1.54, 1.807) is 31.0 Å². The Balaban J connectivity index is 2.07. The molecule has 6 nitrogen and oxygen atoms in total. The van der Waals surface area contributed by atoms with Gasteiger partial charge in [-0.2, -0.15) is 5.10 Å². The molecule has 0 spiro atoms. The smallest absolute Gasteiger partial charge is 0.124 e. The Morgan fingerprint density at radius 1 is 1.30 bits per heavy atom. The van der Waals surface area contributed by atoms with Crippen molar-refractivity contribution in [2.75, 3.05) is 20.8 Å². The molecule has 0 aliphatic carbocycles. The standard InChI is InChI=1S/C17H25N3O3/c1-5-15(12-9-19-20(2)11-12)18-10-16(21)14-8-13(22-3)6-7-17(14)23-4/h6-9,11,15-16,18,21H,5,10H2,1-4H3. The third kappa shape index (κ3) is 4.24. The molecule has 2 rings (SSSR count). The summed E-state index contributed by atoms with van der Waals surface area (Å²) in [6.45, 7) is 2.51. The fraction of sp³-hybridized carbons (Fsp3) is 0.471. The van der Waals surface area contributed by atoms with E-state index in [0.29, 0.717) is 23.6 Å². The van der Waals surface area contributed by atoms with E-state index in [1.165, 1.54) is 0 Å². The zero-order valence-corrected chi connectivity index (χ0v) is 14.1. The number of aliphatic hydroxyl groups is 1. The first-order valence-electron chi connectivity index (χ1n) is 7.71. The van der Waals surface area contributed by atoms with E-state index in [2.05, 4.69) is 17.3 Å². The minimum Gasteiger partial charge on any atom is -0.497 e. The Hall–Kier alpha value is -2.05. The highest BCUT2D eigenvalue weighted by atomic mass is 16.5. The summed E-state index contributed by atoms with van der Waals surface area (Å²) in [6, 6.07) is 5.56. The van der Waals surface area contributed by atoms with Gasteiger partial charge < -0.3 is 19.9 Å². The monoisotopic (exact) mass is 319 g/mol. The molecule has 1 aromatic carbocycles. The van der Waals surface area contributed by atoms with Crippen molar-refractivity contribution >= 4 is 0 Å². The van der Waals surface area contributed by atoms with Crippen LogP contribution in [0.15, 0.2) is 30.6 Å². The minimum absolute atomic E-state index is 0.148. The van der Waals surface area contributed by atoms with Gasteiger partial charge in [-0.3, -0.25) is 4.68 Å². The topological polar surface area (TPSA) is 68.5 Å². The van der Waals surface area contributed by atoms with E-state index in [9.17, 15) is 5.11 Å². The summed E-state index contributed by atoms with van der Waals surface area (Å²) >= 11 is 0. The van der Waals surface area contributed by atoms with Crippen LogP contribution in [0.2, 0.25) is 0 Å². The number of nitrogens with one attached hydrogen (secondary N) is 1. The highest BCUT2D eigenvalue weighted by Crippen LogP contribution is 2.29. The van der Waals surface area contributed by atoms with Crippen molar-refractivity contribution in [3.8, 4) is 11.5 Å². The number of aromatic nitrogens is 2. The third-order valence-electron chi connectivity index (χ3n) is 3.89. The Bertz CT molecular complexity index is 627. The number of rotatable bonds is 8. The van der Waals surface area contributed by atoms with Crippen molar-refractivity contribution in [2.24, 2.45) is 7.05 Å². The SMILES string of the molecule is CCC(NCC(O)c1cc(OC)ccc1OC)c1cnn(C)c1. The maximum atomic E-state index is 10.5. The van der Waals surface area contributed by atoms with E-state index in [4.69, 9.17) is 9.47 Å². The van der Waals surface area contributed by atoms with Gasteiger partial charge in [-0.1, -0.05) is 6.92 Å². The molecule has 0 saturated carbocycles. The van der Waals surface area contributed by atoms with Gasteiger partial charge in [0.1, 0.15) is 11.5 Å². The summed E-state index contributed by atoms with van der Waals surface area (Å²) in [5.41, 5.74) is 1.82. The molecule has 1 heterocycles. The van der Waals surface area contributed by atoms with Gasteiger partial charge in [0, 0.05) is 37.0 Å². The molecular weight excluding hydrogens is 294 g/mol. The van der Waals surface area contributed by atoms with Crippen LogP contribution in [0.4, 0.5) is 0 Å². The molecule has 6 heteroatoms. The Labute approximate surface area is 137 Å². The van der Waals surface area contributed by atoms with Gasteiger partial charge in [0.25, 0.3) is 0 Å². The number of methoxy groups -OCH3 is 2. The fourth-order valence-corrected chi connectivity index (χ4v) is 2.58. The number of hydrogen-bond donors (Lipinski definition) is 2. The number of aryl methyl sites for hydroxylation is 1. The molecular formula is C17H25N3O3. The first-order valence-corrected chi connectivity index (χ1v) is 7.71. The van der Waals surface area contributed by atoms with Crippen molar-refractivity contribution in [2.45, 2.75) is 25.5 Å². The summed E-state index contributed by atoms with van der Waals surface area (Å²) in [4.78, 5) is 0. The highest BCUT2D eigenvalue weighted by Gasteiger charge is 2.17. The maximum absolute atomic E-state index is 10.5. The summed E-state index contributed by atoms with van der Waals surface area (Å²) in [5.74, 6) is 1.34. The predicted molar refractivity (Wildman–Crippen MR) is 88.7 cm³/mol. The van der Waals surface area contributed by atoms with Crippen LogP contribution in [0.5, 0.6) is 11.5 Å². The van der Waals surface area contributed by atoms with Crippen LogP contribution in [-0.2, 0) is 7.05 Å². The average molecular weight is 319 g/mol. The lowest BCUT2D eigenvalue weighted by molar-refractivity contribution is 0.165. The molecule has 0 fully saturated rings. The summed E-state index contributed by atoms with van der Waals surface area (Å²) in [6.07, 6.45) is 4.05. The first kappa shape index (κ1) is 17.3. The van der Waals surface area contributed by atoms with Gasteiger partial charge in [-0.05, 0) is 24.6 Å². The Kier molecular flexibility index (Phi) is 6.01. The molecule has 1 aromatic heterocycles. The van der Waals surface area contributed by atoms with Gasteiger partial charge >= 0.3 is 0 Å². The van der Waals surface area contributed by atoms with Crippen molar-refractivity contribution in [1.29, 1.82) is 0 Å². The van der Waals surface area contributed by atoms with Crippen LogP contribution in [0.1, 0.15) is 36.6 Å². The summed E-state index contributed by atoms with van der Waals surface area (Å²) < 4.78 is 12.3. The molecule has 126 valence electrons. The Morgan fingerprint density at radius 3 is 2.65 bits per heavy atom. The second-order valence-corrected chi connectivity index (χ2v) is 5.44. The Morgan fingerprint density at radius 2 is 2.09 bits per heavy atom. The van der Waals surface area contributed by atoms with Crippen LogP contribution in [0, 0.1) is 0 Å². The fourth-order valence-electron chi connectivity index (χ4n) is 2.58. The van der Waals surface area contributed by atoms with E-state index >= 15 is 0 Å². The largest absolute Gasteiger partial charge is 0.497 e. The molecule has 2 unspecified atom stereocenters. The third-order valence-corrected chi connectivity index (χ3v) is 3.89. The molecule has 0 radical (unpaired) electrons. The quantitative estimate of drug-likeness (QED) is 0.781. The van der Waals surface area contributed by atoms with Gasteiger partial charge in [0.05, 0.1) is 26.5 Å². The lowest BCUT2D eigenvalue weighted by Crippen LogP contribution is -2.26. The van der Waals surface area contributed by atoms with Crippen molar-refractivity contribution in [3.05, 3.63) is 41.7 Å². The first-order chi connectivity index (χ1) is 11.1. The normalized spacial score (nSPS) is 13.6. The zero-order chi connectivity index (χ0) is 16.8. The zero-order valence-electron chi connectivity index (χ0n) is 14.1. The van der Waals surface area contributed by atoms with E-state index in [0.717, 1.165) is 12.0 Å². The number of nitrogens with zero attached hydrogens (tertiary/aromatic N) is 2. The van der Waals surface area contributed by atoms with Gasteiger partial charge in [0.15, 0.2) is 0 Å². The van der Waals surface area contributed by atoms with Gasteiger partial charge in [0.2, 0.25) is 0 Å².